The first-order valence-corrected chi connectivity index (χ1v) is 11.7. The zero-order valence-corrected chi connectivity index (χ0v) is 20.8. The van der Waals surface area contributed by atoms with Crippen LogP contribution in [0.1, 0.15) is 45.6 Å². The summed E-state index contributed by atoms with van der Waals surface area (Å²) in [6, 6.07) is 3.78. The molecule has 0 bridgehead atoms. The van der Waals surface area contributed by atoms with Crippen LogP contribution in [0.15, 0.2) is 30.3 Å². The summed E-state index contributed by atoms with van der Waals surface area (Å²) in [5.41, 5.74) is 11.6. The SMILES string of the molecule is CC(C)CC(NC(=O)C(CCC(N)=O)NC(=O)C(Cc1ccccc1)NC(=O)C(N)C(C)O)C(=O)O. The van der Waals surface area contributed by atoms with E-state index in [9.17, 15) is 34.2 Å². The van der Waals surface area contributed by atoms with Crippen LogP contribution in [0.2, 0.25) is 0 Å². The summed E-state index contributed by atoms with van der Waals surface area (Å²) in [7, 11) is 0. The Balaban J connectivity index is 3.13. The first kappa shape index (κ1) is 30.5. The second kappa shape index (κ2) is 14.8. The van der Waals surface area contributed by atoms with E-state index in [2.05, 4.69) is 16.0 Å². The second-order valence-corrected chi connectivity index (χ2v) is 9.11. The Kier molecular flexibility index (Phi) is 12.5. The first-order valence-electron chi connectivity index (χ1n) is 11.7. The minimum atomic E-state index is -1.29. The monoisotopic (exact) mass is 507 g/mol. The number of amides is 4. The van der Waals surface area contributed by atoms with Crippen molar-refractivity contribution in [2.24, 2.45) is 17.4 Å². The molecule has 36 heavy (non-hydrogen) atoms. The molecule has 200 valence electrons. The fraction of sp³-hybridized carbons (Fsp3) is 0.542. The Morgan fingerprint density at radius 1 is 0.861 bits per heavy atom. The van der Waals surface area contributed by atoms with Crippen molar-refractivity contribution in [1.82, 2.24) is 16.0 Å². The Labute approximate surface area is 210 Å². The lowest BCUT2D eigenvalue weighted by atomic mass is 10.0. The molecule has 0 aliphatic heterocycles. The van der Waals surface area contributed by atoms with Gasteiger partial charge in [0.05, 0.1) is 6.10 Å². The van der Waals surface area contributed by atoms with Gasteiger partial charge in [-0.15, -0.1) is 0 Å². The van der Waals surface area contributed by atoms with Crippen molar-refractivity contribution in [3.05, 3.63) is 35.9 Å². The molecule has 12 nitrogen and oxygen atoms in total. The Morgan fingerprint density at radius 3 is 1.89 bits per heavy atom. The number of carbonyl (C=O) groups excluding carboxylic acids is 4. The average molecular weight is 508 g/mol. The van der Waals surface area contributed by atoms with Gasteiger partial charge in [0, 0.05) is 12.8 Å². The molecule has 1 rings (SSSR count). The van der Waals surface area contributed by atoms with Gasteiger partial charge in [-0.3, -0.25) is 19.2 Å². The lowest BCUT2D eigenvalue weighted by Gasteiger charge is -2.26. The molecule has 0 radical (unpaired) electrons. The number of carbonyl (C=O) groups is 5. The molecule has 4 amide bonds. The van der Waals surface area contributed by atoms with E-state index >= 15 is 0 Å². The molecule has 5 unspecified atom stereocenters. The molecule has 0 fully saturated rings. The average Bonchev–Trinajstić information content (AvgIpc) is 2.80. The number of aliphatic hydroxyl groups excluding tert-OH is 1. The Hall–Kier alpha value is -3.51. The van der Waals surface area contributed by atoms with Crippen molar-refractivity contribution in [3.8, 4) is 0 Å². The number of nitrogens with one attached hydrogen (secondary N) is 3. The lowest BCUT2D eigenvalue weighted by molar-refractivity contribution is -0.143. The largest absolute Gasteiger partial charge is 0.480 e. The van der Waals surface area contributed by atoms with Crippen LogP contribution in [0.4, 0.5) is 0 Å². The number of primary amides is 1. The van der Waals surface area contributed by atoms with Gasteiger partial charge < -0.3 is 37.6 Å². The minimum Gasteiger partial charge on any atom is -0.480 e. The van der Waals surface area contributed by atoms with E-state index in [1.807, 2.05) is 0 Å². The van der Waals surface area contributed by atoms with Crippen molar-refractivity contribution < 1.29 is 34.2 Å². The van der Waals surface area contributed by atoms with Crippen molar-refractivity contribution in [3.63, 3.8) is 0 Å². The third-order valence-electron chi connectivity index (χ3n) is 5.37. The van der Waals surface area contributed by atoms with E-state index in [-0.39, 0.29) is 31.6 Å². The zero-order valence-electron chi connectivity index (χ0n) is 20.8. The number of carboxylic acid groups (broad SMARTS) is 1. The predicted molar refractivity (Wildman–Crippen MR) is 131 cm³/mol. The van der Waals surface area contributed by atoms with Crippen LogP contribution in [0, 0.1) is 5.92 Å². The molecule has 9 N–H and O–H groups in total. The summed E-state index contributed by atoms with van der Waals surface area (Å²) >= 11 is 0. The number of benzene rings is 1. The molecular formula is C24H37N5O7. The maximum Gasteiger partial charge on any atom is 0.326 e. The molecule has 1 aromatic rings. The summed E-state index contributed by atoms with van der Waals surface area (Å²) in [6.07, 6.45) is -1.40. The van der Waals surface area contributed by atoms with Gasteiger partial charge in [-0.05, 0) is 31.2 Å². The molecule has 0 heterocycles. The minimum absolute atomic E-state index is 0.0337. The summed E-state index contributed by atoms with van der Waals surface area (Å²) < 4.78 is 0. The van der Waals surface area contributed by atoms with Gasteiger partial charge in [0.1, 0.15) is 24.2 Å². The molecule has 0 aliphatic carbocycles. The number of aliphatic hydroxyl groups is 1. The molecule has 12 heteroatoms. The van der Waals surface area contributed by atoms with E-state index in [4.69, 9.17) is 11.5 Å². The van der Waals surface area contributed by atoms with Gasteiger partial charge in [0.2, 0.25) is 23.6 Å². The van der Waals surface area contributed by atoms with Gasteiger partial charge in [0.15, 0.2) is 0 Å². The molecule has 5 atom stereocenters. The summed E-state index contributed by atoms with van der Waals surface area (Å²) in [4.78, 5) is 61.5. The Bertz CT molecular complexity index is 907. The maximum absolute atomic E-state index is 13.2. The van der Waals surface area contributed by atoms with Gasteiger partial charge in [0.25, 0.3) is 0 Å². The highest BCUT2D eigenvalue weighted by atomic mass is 16.4. The number of hydrogen-bond donors (Lipinski definition) is 7. The van der Waals surface area contributed by atoms with Gasteiger partial charge in [-0.25, -0.2) is 4.79 Å². The topological polar surface area (TPSA) is 214 Å². The van der Waals surface area contributed by atoms with Gasteiger partial charge in [-0.2, -0.15) is 0 Å². The van der Waals surface area contributed by atoms with Crippen LogP contribution < -0.4 is 27.4 Å². The summed E-state index contributed by atoms with van der Waals surface area (Å²) in [5.74, 6) is -4.32. The molecule has 0 spiro atoms. The van der Waals surface area contributed by atoms with Gasteiger partial charge in [-0.1, -0.05) is 44.2 Å². The number of aliphatic carboxylic acids is 1. The number of carboxylic acids is 1. The quantitative estimate of drug-likeness (QED) is 0.152. The van der Waals surface area contributed by atoms with Crippen molar-refractivity contribution >= 4 is 29.6 Å². The zero-order chi connectivity index (χ0) is 27.4. The van der Waals surface area contributed by atoms with Crippen molar-refractivity contribution in [1.29, 1.82) is 0 Å². The van der Waals surface area contributed by atoms with E-state index in [1.165, 1.54) is 6.92 Å². The van der Waals surface area contributed by atoms with Crippen molar-refractivity contribution in [2.45, 2.75) is 76.7 Å². The number of nitrogens with two attached hydrogens (primary N) is 2. The number of hydrogen-bond acceptors (Lipinski definition) is 7. The van der Waals surface area contributed by atoms with Gasteiger partial charge >= 0.3 is 5.97 Å². The lowest BCUT2D eigenvalue weighted by Crippen LogP contribution is -2.58. The third-order valence-corrected chi connectivity index (χ3v) is 5.37. The summed E-state index contributed by atoms with van der Waals surface area (Å²) in [5, 5.41) is 26.5. The summed E-state index contributed by atoms with van der Waals surface area (Å²) in [6.45, 7) is 4.92. The van der Waals surface area contributed by atoms with Crippen LogP contribution >= 0.6 is 0 Å². The van der Waals surface area contributed by atoms with Crippen LogP contribution in [-0.2, 0) is 30.4 Å². The number of rotatable bonds is 15. The molecule has 0 saturated carbocycles. The van der Waals surface area contributed by atoms with Crippen LogP contribution in [0.5, 0.6) is 0 Å². The second-order valence-electron chi connectivity index (χ2n) is 9.11. The third kappa shape index (κ3) is 10.8. The molecule has 1 aromatic carbocycles. The fourth-order valence-electron chi connectivity index (χ4n) is 3.34. The molecule has 0 aliphatic rings. The Morgan fingerprint density at radius 2 is 1.39 bits per heavy atom. The van der Waals surface area contributed by atoms with E-state index in [0.717, 1.165) is 0 Å². The maximum atomic E-state index is 13.2. The normalized spacial score (nSPS) is 15.2. The fourth-order valence-corrected chi connectivity index (χ4v) is 3.34. The highest BCUT2D eigenvalue weighted by molar-refractivity contribution is 5.94. The van der Waals surface area contributed by atoms with E-state index in [1.54, 1.807) is 44.2 Å². The molecular weight excluding hydrogens is 470 g/mol. The highest BCUT2D eigenvalue weighted by Gasteiger charge is 2.31. The molecule has 0 saturated heterocycles. The van der Waals surface area contributed by atoms with Crippen LogP contribution in [0.3, 0.4) is 0 Å². The molecule has 0 aromatic heterocycles. The van der Waals surface area contributed by atoms with Crippen molar-refractivity contribution in [2.75, 3.05) is 0 Å². The standard InChI is InChI=1S/C24H37N5O7/c1-13(2)11-18(24(35)36)29-21(32)16(9-10-19(25)31)27-22(33)17(12-15-7-5-4-6-8-15)28-23(34)20(26)14(3)30/h4-8,13-14,16-18,20,30H,9-12,26H2,1-3H3,(H2,25,31)(H,27,33)(H,28,34)(H,29,32)(H,35,36). The highest BCUT2D eigenvalue weighted by Crippen LogP contribution is 2.09. The van der Waals surface area contributed by atoms with Crippen LogP contribution in [-0.4, -0.2) is 70.1 Å². The van der Waals surface area contributed by atoms with E-state index in [0.29, 0.717) is 5.56 Å². The van der Waals surface area contributed by atoms with E-state index < -0.39 is 59.9 Å². The predicted octanol–water partition coefficient (Wildman–Crippen LogP) is -1.21. The smallest absolute Gasteiger partial charge is 0.326 e. The first-order chi connectivity index (χ1) is 16.8. The van der Waals surface area contributed by atoms with Crippen LogP contribution in [0.25, 0.3) is 0 Å².